The van der Waals surface area contributed by atoms with Gasteiger partial charge in [-0.3, -0.25) is 9.59 Å². The fraction of sp³-hybridized carbons (Fsp3) is 0.273. The molecule has 1 rings (SSSR count). The summed E-state index contributed by atoms with van der Waals surface area (Å²) in [6.45, 7) is 1.89. The highest BCUT2D eigenvalue weighted by atomic mass is 79.9. The summed E-state index contributed by atoms with van der Waals surface area (Å²) in [5.41, 5.74) is 0.470. The van der Waals surface area contributed by atoms with Crippen LogP contribution in [0.1, 0.15) is 17.3 Å². The molecule has 0 aliphatic rings. The highest BCUT2D eigenvalue weighted by molar-refractivity contribution is 9.11. The molecule has 0 saturated carbocycles. The summed E-state index contributed by atoms with van der Waals surface area (Å²) >= 11 is 6.57. The van der Waals surface area contributed by atoms with Crippen LogP contribution in [0.4, 0.5) is 0 Å². The Hall–Kier alpha value is -0.880. The van der Waals surface area contributed by atoms with Gasteiger partial charge in [-0.15, -0.1) is 0 Å². The summed E-state index contributed by atoms with van der Waals surface area (Å²) in [4.78, 5) is 22.8. The molecule has 17 heavy (non-hydrogen) atoms. The van der Waals surface area contributed by atoms with Gasteiger partial charge in [0.1, 0.15) is 6.54 Å². The Balaban J connectivity index is 2.61. The van der Waals surface area contributed by atoms with Gasteiger partial charge in [-0.2, -0.15) is 0 Å². The number of amides is 1. The van der Waals surface area contributed by atoms with Crippen LogP contribution in [0.5, 0.6) is 0 Å². The van der Waals surface area contributed by atoms with E-state index in [0.29, 0.717) is 16.6 Å². The highest BCUT2D eigenvalue weighted by Crippen LogP contribution is 2.21. The average molecular weight is 365 g/mol. The second kappa shape index (κ2) is 6.76. The minimum absolute atomic E-state index is 0.130. The van der Waals surface area contributed by atoms with Crippen LogP contribution in [-0.4, -0.2) is 25.0 Å². The van der Waals surface area contributed by atoms with E-state index in [4.69, 9.17) is 4.74 Å². The number of halogens is 2. The monoisotopic (exact) mass is 363 g/mol. The molecule has 0 saturated heterocycles. The number of benzene rings is 1. The SMILES string of the molecule is CCOC(=O)CNC(=O)c1ccc(Br)cc1Br. The lowest BCUT2D eigenvalue weighted by atomic mass is 10.2. The molecule has 4 nitrogen and oxygen atoms in total. The van der Waals surface area contributed by atoms with Crippen molar-refractivity contribution in [1.82, 2.24) is 5.32 Å². The minimum Gasteiger partial charge on any atom is -0.465 e. The molecule has 0 bridgehead atoms. The number of carbonyl (C=O) groups is 2. The Morgan fingerprint density at radius 3 is 2.65 bits per heavy atom. The van der Waals surface area contributed by atoms with Gasteiger partial charge in [-0.05, 0) is 41.1 Å². The van der Waals surface area contributed by atoms with Gasteiger partial charge >= 0.3 is 5.97 Å². The van der Waals surface area contributed by atoms with Gasteiger partial charge in [-0.25, -0.2) is 0 Å². The molecule has 0 radical (unpaired) electrons. The number of ether oxygens (including phenoxy) is 1. The van der Waals surface area contributed by atoms with Crippen LogP contribution in [-0.2, 0) is 9.53 Å². The molecular formula is C11H11Br2NO3. The van der Waals surface area contributed by atoms with Crippen LogP contribution in [0, 0.1) is 0 Å². The van der Waals surface area contributed by atoms with E-state index in [1.165, 1.54) is 0 Å². The lowest BCUT2D eigenvalue weighted by Gasteiger charge is -2.06. The quantitative estimate of drug-likeness (QED) is 0.835. The predicted molar refractivity (Wildman–Crippen MR) is 70.8 cm³/mol. The topological polar surface area (TPSA) is 55.4 Å². The summed E-state index contributed by atoms with van der Waals surface area (Å²) in [5.74, 6) is -0.772. The zero-order valence-corrected chi connectivity index (χ0v) is 12.3. The van der Waals surface area contributed by atoms with E-state index in [-0.39, 0.29) is 12.5 Å². The largest absolute Gasteiger partial charge is 0.465 e. The molecule has 1 N–H and O–H groups in total. The van der Waals surface area contributed by atoms with Crippen molar-refractivity contribution in [2.75, 3.05) is 13.2 Å². The molecule has 1 aromatic carbocycles. The van der Waals surface area contributed by atoms with Gasteiger partial charge in [-0.1, -0.05) is 15.9 Å². The number of carbonyl (C=O) groups excluding carboxylic acids is 2. The second-order valence-electron chi connectivity index (χ2n) is 3.11. The van der Waals surface area contributed by atoms with Gasteiger partial charge in [0.05, 0.1) is 12.2 Å². The van der Waals surface area contributed by atoms with Crippen molar-refractivity contribution in [1.29, 1.82) is 0 Å². The van der Waals surface area contributed by atoms with Crippen molar-refractivity contribution in [2.24, 2.45) is 0 Å². The van der Waals surface area contributed by atoms with E-state index >= 15 is 0 Å². The molecule has 92 valence electrons. The van der Waals surface area contributed by atoms with Crippen LogP contribution in [0.15, 0.2) is 27.1 Å². The van der Waals surface area contributed by atoms with Crippen molar-refractivity contribution >= 4 is 43.7 Å². The average Bonchev–Trinajstić information content (AvgIpc) is 2.26. The molecule has 0 spiro atoms. The lowest BCUT2D eigenvalue weighted by molar-refractivity contribution is -0.141. The van der Waals surface area contributed by atoms with Crippen molar-refractivity contribution in [3.63, 3.8) is 0 Å². The van der Waals surface area contributed by atoms with Gasteiger partial charge in [0.2, 0.25) is 0 Å². The van der Waals surface area contributed by atoms with Crippen LogP contribution in [0.25, 0.3) is 0 Å². The normalized spacial score (nSPS) is 9.82. The Kier molecular flexibility index (Phi) is 5.64. The molecule has 0 unspecified atom stereocenters. The number of hydrogen-bond donors (Lipinski definition) is 1. The summed E-state index contributed by atoms with van der Waals surface area (Å²) in [5, 5.41) is 2.49. The van der Waals surface area contributed by atoms with Crippen LogP contribution >= 0.6 is 31.9 Å². The Bertz CT molecular complexity index is 435. The molecule has 0 atom stereocenters. The van der Waals surface area contributed by atoms with Crippen LogP contribution in [0.3, 0.4) is 0 Å². The van der Waals surface area contributed by atoms with Crippen LogP contribution < -0.4 is 5.32 Å². The molecule has 6 heteroatoms. The summed E-state index contributed by atoms with van der Waals surface area (Å²) < 4.78 is 6.23. The predicted octanol–water partition coefficient (Wildman–Crippen LogP) is 2.50. The van der Waals surface area contributed by atoms with E-state index in [1.54, 1.807) is 25.1 Å². The van der Waals surface area contributed by atoms with E-state index in [0.717, 1.165) is 4.47 Å². The number of hydrogen-bond acceptors (Lipinski definition) is 3. The Labute approximate surface area is 116 Å². The van der Waals surface area contributed by atoms with Crippen molar-refractivity contribution in [3.05, 3.63) is 32.7 Å². The van der Waals surface area contributed by atoms with Crippen LogP contribution in [0.2, 0.25) is 0 Å². The van der Waals surface area contributed by atoms with Gasteiger partial charge in [0.25, 0.3) is 5.91 Å². The third kappa shape index (κ3) is 4.47. The van der Waals surface area contributed by atoms with Gasteiger partial charge < -0.3 is 10.1 Å². The fourth-order valence-corrected chi connectivity index (χ4v) is 2.36. The summed E-state index contributed by atoms with van der Waals surface area (Å²) in [7, 11) is 0. The molecule has 0 aliphatic heterocycles. The zero-order valence-electron chi connectivity index (χ0n) is 9.13. The molecule has 0 heterocycles. The minimum atomic E-state index is -0.450. The first kappa shape index (κ1) is 14.2. The third-order valence-corrected chi connectivity index (χ3v) is 3.02. The molecule has 0 aromatic heterocycles. The lowest BCUT2D eigenvalue weighted by Crippen LogP contribution is -2.30. The molecular weight excluding hydrogens is 354 g/mol. The molecule has 0 aliphatic carbocycles. The second-order valence-corrected chi connectivity index (χ2v) is 4.88. The van der Waals surface area contributed by atoms with E-state index in [2.05, 4.69) is 37.2 Å². The summed E-state index contributed by atoms with van der Waals surface area (Å²) in [6.07, 6.45) is 0. The first-order valence-electron chi connectivity index (χ1n) is 4.93. The van der Waals surface area contributed by atoms with Crippen molar-refractivity contribution in [2.45, 2.75) is 6.92 Å². The van der Waals surface area contributed by atoms with E-state index in [1.807, 2.05) is 0 Å². The molecule has 0 fully saturated rings. The Morgan fingerprint density at radius 1 is 1.35 bits per heavy atom. The highest BCUT2D eigenvalue weighted by Gasteiger charge is 2.11. The maximum absolute atomic E-state index is 11.7. The number of esters is 1. The molecule has 1 amide bonds. The fourth-order valence-electron chi connectivity index (χ4n) is 1.13. The number of rotatable bonds is 4. The smallest absolute Gasteiger partial charge is 0.325 e. The van der Waals surface area contributed by atoms with Crippen molar-refractivity contribution < 1.29 is 14.3 Å². The Morgan fingerprint density at radius 2 is 2.06 bits per heavy atom. The number of nitrogens with one attached hydrogen (secondary N) is 1. The zero-order chi connectivity index (χ0) is 12.8. The molecule has 1 aromatic rings. The standard InChI is InChI=1S/C11H11Br2NO3/c1-2-17-10(15)6-14-11(16)8-4-3-7(12)5-9(8)13/h3-5H,2,6H2,1H3,(H,14,16). The first-order valence-corrected chi connectivity index (χ1v) is 6.52. The van der Waals surface area contributed by atoms with Gasteiger partial charge in [0.15, 0.2) is 0 Å². The third-order valence-electron chi connectivity index (χ3n) is 1.87. The maximum atomic E-state index is 11.7. The maximum Gasteiger partial charge on any atom is 0.325 e. The van der Waals surface area contributed by atoms with Crippen molar-refractivity contribution in [3.8, 4) is 0 Å². The first-order chi connectivity index (χ1) is 8.04. The van der Waals surface area contributed by atoms with E-state index in [9.17, 15) is 9.59 Å². The van der Waals surface area contributed by atoms with E-state index < -0.39 is 5.97 Å². The van der Waals surface area contributed by atoms with Gasteiger partial charge in [0, 0.05) is 8.95 Å². The summed E-state index contributed by atoms with van der Waals surface area (Å²) in [6, 6.07) is 5.18.